The summed E-state index contributed by atoms with van der Waals surface area (Å²) in [6.07, 6.45) is 5.50. The summed E-state index contributed by atoms with van der Waals surface area (Å²) in [6, 6.07) is 10.1. The van der Waals surface area contributed by atoms with Crippen molar-refractivity contribution >= 4 is 11.6 Å². The van der Waals surface area contributed by atoms with Crippen LogP contribution < -0.4 is 10.9 Å². The lowest BCUT2D eigenvalue weighted by Gasteiger charge is -2.29. The van der Waals surface area contributed by atoms with Gasteiger partial charge in [0.15, 0.2) is 0 Å². The molecule has 5 heteroatoms. The molecular formula is C21H29N3O2. The van der Waals surface area contributed by atoms with E-state index in [0.717, 1.165) is 37.1 Å². The third kappa shape index (κ3) is 3.48. The second-order valence-corrected chi connectivity index (χ2v) is 8.24. The van der Waals surface area contributed by atoms with Gasteiger partial charge in [0.1, 0.15) is 5.69 Å². The lowest BCUT2D eigenvalue weighted by molar-refractivity contribution is -0.114. The molecule has 2 aromatic rings. The van der Waals surface area contributed by atoms with Crippen LogP contribution in [0.3, 0.4) is 0 Å². The average Bonchev–Trinajstić information content (AvgIpc) is 2.89. The Hall–Kier alpha value is -2.30. The predicted octanol–water partition coefficient (Wildman–Crippen LogP) is 4.40. The highest BCUT2D eigenvalue weighted by molar-refractivity contribution is 5.89. The second-order valence-electron chi connectivity index (χ2n) is 8.24. The molecule has 0 saturated heterocycles. The largest absolute Gasteiger partial charge is 0.320 e. The molecule has 1 aliphatic carbocycles. The van der Waals surface area contributed by atoms with E-state index in [2.05, 4.69) is 26.1 Å². The third-order valence-corrected chi connectivity index (χ3v) is 5.02. The Morgan fingerprint density at radius 3 is 2.23 bits per heavy atom. The van der Waals surface area contributed by atoms with Gasteiger partial charge in [0, 0.05) is 12.3 Å². The van der Waals surface area contributed by atoms with E-state index in [9.17, 15) is 9.59 Å². The summed E-state index contributed by atoms with van der Waals surface area (Å²) in [4.78, 5) is 25.2. The highest BCUT2D eigenvalue weighted by atomic mass is 16.2. The van der Waals surface area contributed by atoms with Crippen molar-refractivity contribution in [3.05, 3.63) is 46.4 Å². The molecule has 1 heterocycles. The first-order valence-electron chi connectivity index (χ1n) is 9.51. The minimum atomic E-state index is -0.299. The van der Waals surface area contributed by atoms with Gasteiger partial charge in [-0.15, -0.1) is 0 Å². The van der Waals surface area contributed by atoms with Gasteiger partial charge in [-0.25, -0.2) is 4.68 Å². The summed E-state index contributed by atoms with van der Waals surface area (Å²) in [5.74, 6) is -0.214. The van der Waals surface area contributed by atoms with Crippen LogP contribution in [0, 0.1) is 0 Å². The van der Waals surface area contributed by atoms with Crippen molar-refractivity contribution in [2.45, 2.75) is 71.3 Å². The summed E-state index contributed by atoms with van der Waals surface area (Å²) in [5.41, 5.74) is 1.83. The van der Waals surface area contributed by atoms with E-state index in [1.165, 1.54) is 13.3 Å². The zero-order chi connectivity index (χ0) is 18.9. The maximum atomic E-state index is 13.4. The van der Waals surface area contributed by atoms with Crippen LogP contribution in [0.1, 0.15) is 71.5 Å². The number of para-hydroxylation sites is 1. The Bertz CT molecular complexity index is 835. The van der Waals surface area contributed by atoms with Crippen LogP contribution in [-0.4, -0.2) is 15.3 Å². The highest BCUT2D eigenvalue weighted by Gasteiger charge is 2.33. The zero-order valence-electron chi connectivity index (χ0n) is 16.2. The molecule has 1 aliphatic rings. The molecule has 26 heavy (non-hydrogen) atoms. The van der Waals surface area contributed by atoms with Crippen molar-refractivity contribution in [2.75, 3.05) is 5.32 Å². The SMILES string of the molecule is CC(=O)Nc1c(C(C)(C)C)n(-c2ccccc2)n(C2CCCCC2)c1=O. The molecule has 0 atom stereocenters. The highest BCUT2D eigenvalue weighted by Crippen LogP contribution is 2.35. The van der Waals surface area contributed by atoms with E-state index in [0.29, 0.717) is 5.69 Å². The Morgan fingerprint density at radius 1 is 1.08 bits per heavy atom. The number of anilines is 1. The zero-order valence-corrected chi connectivity index (χ0v) is 16.2. The lowest BCUT2D eigenvalue weighted by atomic mass is 9.90. The van der Waals surface area contributed by atoms with Gasteiger partial charge < -0.3 is 5.32 Å². The van der Waals surface area contributed by atoms with Gasteiger partial charge in [0.2, 0.25) is 5.91 Å². The molecule has 1 saturated carbocycles. The monoisotopic (exact) mass is 355 g/mol. The van der Waals surface area contributed by atoms with Gasteiger partial charge in [-0.05, 0) is 25.0 Å². The van der Waals surface area contributed by atoms with Crippen molar-refractivity contribution in [1.29, 1.82) is 0 Å². The number of nitrogens with one attached hydrogen (secondary N) is 1. The fourth-order valence-corrected chi connectivity index (χ4v) is 3.98. The van der Waals surface area contributed by atoms with E-state index >= 15 is 0 Å². The predicted molar refractivity (Wildman–Crippen MR) is 105 cm³/mol. The number of nitrogens with zero attached hydrogens (tertiary/aromatic N) is 2. The first kappa shape index (κ1) is 18.5. The summed E-state index contributed by atoms with van der Waals surface area (Å²) in [5, 5.41) is 2.82. The molecule has 140 valence electrons. The van der Waals surface area contributed by atoms with E-state index in [4.69, 9.17) is 0 Å². The number of benzene rings is 1. The quantitative estimate of drug-likeness (QED) is 0.887. The average molecular weight is 355 g/mol. The van der Waals surface area contributed by atoms with Crippen LogP contribution in [0.4, 0.5) is 5.69 Å². The van der Waals surface area contributed by atoms with Gasteiger partial charge in [-0.2, -0.15) is 0 Å². The molecule has 1 amide bonds. The summed E-state index contributed by atoms with van der Waals surface area (Å²) < 4.78 is 3.93. The maximum Gasteiger partial charge on any atom is 0.291 e. The fraction of sp³-hybridized carbons (Fsp3) is 0.524. The number of amides is 1. The molecule has 5 nitrogen and oxygen atoms in total. The minimum Gasteiger partial charge on any atom is -0.320 e. The Kier molecular flexibility index (Phi) is 5.08. The number of rotatable bonds is 3. The number of carbonyl (C=O) groups is 1. The smallest absolute Gasteiger partial charge is 0.291 e. The van der Waals surface area contributed by atoms with Crippen LogP contribution in [0.15, 0.2) is 35.1 Å². The first-order chi connectivity index (χ1) is 12.3. The second kappa shape index (κ2) is 7.14. The molecule has 1 N–H and O–H groups in total. The van der Waals surface area contributed by atoms with Crippen molar-refractivity contribution in [2.24, 2.45) is 0 Å². The minimum absolute atomic E-state index is 0.0964. The third-order valence-electron chi connectivity index (χ3n) is 5.02. The molecule has 0 unspecified atom stereocenters. The van der Waals surface area contributed by atoms with Gasteiger partial charge in [0.05, 0.1) is 17.4 Å². The van der Waals surface area contributed by atoms with Crippen molar-refractivity contribution in [3.8, 4) is 5.69 Å². The number of carbonyl (C=O) groups excluding carboxylic acids is 1. The van der Waals surface area contributed by atoms with Crippen LogP contribution in [0.5, 0.6) is 0 Å². The lowest BCUT2D eigenvalue weighted by Crippen LogP contribution is -2.30. The number of hydrogen-bond donors (Lipinski definition) is 1. The van der Waals surface area contributed by atoms with E-state index in [-0.39, 0.29) is 22.9 Å². The molecule has 1 aromatic carbocycles. The van der Waals surface area contributed by atoms with Gasteiger partial charge in [0.25, 0.3) is 5.56 Å². The number of hydrogen-bond acceptors (Lipinski definition) is 2. The van der Waals surface area contributed by atoms with Crippen molar-refractivity contribution < 1.29 is 4.79 Å². The summed E-state index contributed by atoms with van der Waals surface area (Å²) >= 11 is 0. The molecule has 0 aliphatic heterocycles. The summed E-state index contributed by atoms with van der Waals surface area (Å²) in [6.45, 7) is 7.70. The van der Waals surface area contributed by atoms with E-state index < -0.39 is 0 Å². The standard InChI is InChI=1S/C21H29N3O2/c1-15(25)22-18-19(21(2,3)4)23(16-11-7-5-8-12-16)24(20(18)26)17-13-9-6-10-14-17/h5,7-8,11-12,17H,6,9-10,13-14H2,1-4H3,(H,22,25). The fourth-order valence-electron chi connectivity index (χ4n) is 3.98. The molecular weight excluding hydrogens is 326 g/mol. The van der Waals surface area contributed by atoms with Gasteiger partial charge >= 0.3 is 0 Å². The molecule has 0 spiro atoms. The van der Waals surface area contributed by atoms with Crippen LogP contribution in [-0.2, 0) is 10.2 Å². The van der Waals surface area contributed by atoms with Crippen LogP contribution in [0.2, 0.25) is 0 Å². The molecule has 0 bridgehead atoms. The van der Waals surface area contributed by atoms with Crippen molar-refractivity contribution in [3.63, 3.8) is 0 Å². The van der Waals surface area contributed by atoms with Crippen LogP contribution >= 0.6 is 0 Å². The normalized spacial score (nSPS) is 15.8. The topological polar surface area (TPSA) is 56.0 Å². The van der Waals surface area contributed by atoms with Gasteiger partial charge in [-0.1, -0.05) is 58.2 Å². The molecule has 1 aromatic heterocycles. The summed E-state index contributed by atoms with van der Waals surface area (Å²) in [7, 11) is 0. The molecule has 1 fully saturated rings. The maximum absolute atomic E-state index is 13.4. The van der Waals surface area contributed by atoms with E-state index in [1.54, 1.807) is 0 Å². The van der Waals surface area contributed by atoms with Gasteiger partial charge in [-0.3, -0.25) is 14.3 Å². The first-order valence-corrected chi connectivity index (χ1v) is 9.51. The van der Waals surface area contributed by atoms with Crippen LogP contribution in [0.25, 0.3) is 5.69 Å². The number of aromatic nitrogens is 2. The Labute approximate surface area is 155 Å². The molecule has 0 radical (unpaired) electrons. The Morgan fingerprint density at radius 2 is 1.69 bits per heavy atom. The molecule has 3 rings (SSSR count). The van der Waals surface area contributed by atoms with Crippen molar-refractivity contribution in [1.82, 2.24) is 9.36 Å². The Balaban J connectivity index is 2.33. The van der Waals surface area contributed by atoms with E-state index in [1.807, 2.05) is 39.7 Å².